The first kappa shape index (κ1) is 31.3. The Balaban J connectivity index is 2.19. The van der Waals surface area contributed by atoms with Crippen molar-refractivity contribution >= 4 is 55.6 Å². The molecule has 3 aromatic carbocycles. The van der Waals surface area contributed by atoms with Gasteiger partial charge in [0.1, 0.15) is 17.2 Å². The van der Waals surface area contributed by atoms with Gasteiger partial charge in [0, 0.05) is 13.4 Å². The van der Waals surface area contributed by atoms with Crippen LogP contribution in [0.25, 0.3) is 0 Å². The highest BCUT2D eigenvalue weighted by Crippen LogP contribution is 2.53. The summed E-state index contributed by atoms with van der Waals surface area (Å²) in [5.41, 5.74) is 6.30. The molecule has 0 spiro atoms. The van der Waals surface area contributed by atoms with Gasteiger partial charge in [-0.3, -0.25) is 0 Å². The predicted molar refractivity (Wildman–Crippen MR) is 168 cm³/mol. The van der Waals surface area contributed by atoms with Crippen molar-refractivity contribution in [2.24, 2.45) is 0 Å². The number of rotatable bonds is 12. The van der Waals surface area contributed by atoms with E-state index in [9.17, 15) is 4.57 Å². The van der Waals surface area contributed by atoms with Gasteiger partial charge in [-0.25, -0.2) is 0 Å². The Morgan fingerprint density at radius 3 is 0.921 bits per heavy atom. The Morgan fingerprint density at radius 1 is 0.474 bits per heavy atom. The van der Waals surface area contributed by atoms with Gasteiger partial charge < -0.3 is 13.6 Å². The highest BCUT2D eigenvalue weighted by molar-refractivity contribution is 9.11. The fraction of sp³-hybridized carbons (Fsp3) is 0.400. The summed E-state index contributed by atoms with van der Waals surface area (Å²) in [6, 6.07) is 11.3. The van der Waals surface area contributed by atoms with Gasteiger partial charge in [-0.15, -0.1) is 0 Å². The van der Waals surface area contributed by atoms with Crippen molar-refractivity contribution in [1.29, 1.82) is 0 Å². The molecule has 0 bridgehead atoms. The second kappa shape index (κ2) is 13.9. The van der Waals surface area contributed by atoms with Crippen LogP contribution in [0.3, 0.4) is 0 Å². The van der Waals surface area contributed by atoms with Gasteiger partial charge in [-0.2, -0.15) is 4.57 Å². The fourth-order valence-corrected chi connectivity index (χ4v) is 8.22. The molecule has 0 atom stereocenters. The molecule has 0 radical (unpaired) electrons. The van der Waals surface area contributed by atoms with E-state index in [0.29, 0.717) is 17.2 Å². The number of hydrogen-bond acceptors (Lipinski definition) is 4. The summed E-state index contributed by atoms with van der Waals surface area (Å²) in [5.74, 6) is 1.52. The number of hydrogen-bond donors (Lipinski definition) is 0. The molecular formula is C30H36Br3O4P. The lowest BCUT2D eigenvalue weighted by Gasteiger charge is -2.25. The summed E-state index contributed by atoms with van der Waals surface area (Å²) in [4.78, 5) is 0. The first-order chi connectivity index (χ1) is 18.2. The number of phosphoric acid groups is 1. The molecule has 0 saturated heterocycles. The van der Waals surface area contributed by atoms with Crippen LogP contribution in [-0.4, -0.2) is 0 Å². The van der Waals surface area contributed by atoms with Crippen molar-refractivity contribution in [3.63, 3.8) is 0 Å². The minimum Gasteiger partial charge on any atom is -0.386 e. The second-order valence-electron chi connectivity index (χ2n) is 8.85. The summed E-state index contributed by atoms with van der Waals surface area (Å²) in [6.45, 7) is 12.5. The van der Waals surface area contributed by atoms with Gasteiger partial charge >= 0.3 is 7.82 Å². The first-order valence-electron chi connectivity index (χ1n) is 13.3. The molecule has 0 unspecified atom stereocenters. The van der Waals surface area contributed by atoms with E-state index in [-0.39, 0.29) is 0 Å². The van der Waals surface area contributed by atoms with Crippen molar-refractivity contribution in [1.82, 2.24) is 0 Å². The van der Waals surface area contributed by atoms with Gasteiger partial charge in [0.05, 0.1) is 0 Å². The molecule has 0 fully saturated rings. The molecule has 3 rings (SSSR count). The second-order valence-corrected chi connectivity index (χ2v) is 12.9. The Bertz CT molecular complexity index is 1180. The molecule has 0 N–H and O–H groups in total. The van der Waals surface area contributed by atoms with Crippen LogP contribution in [0.4, 0.5) is 0 Å². The largest absolute Gasteiger partial charge is 0.647 e. The van der Waals surface area contributed by atoms with Crippen LogP contribution in [0.1, 0.15) is 74.9 Å². The highest BCUT2D eigenvalue weighted by atomic mass is 79.9. The molecule has 206 valence electrons. The van der Waals surface area contributed by atoms with E-state index >= 15 is 0 Å². The average molecular weight is 731 g/mol. The molecule has 3 aromatic rings. The molecule has 0 heterocycles. The molecule has 8 heteroatoms. The first-order valence-corrected chi connectivity index (χ1v) is 17.1. The predicted octanol–water partition coefficient (Wildman–Crippen LogP) is 11.0. The van der Waals surface area contributed by atoms with E-state index in [2.05, 4.69) is 89.3 Å². The lowest BCUT2D eigenvalue weighted by atomic mass is 10.0. The minimum atomic E-state index is -4.19. The van der Waals surface area contributed by atoms with Crippen LogP contribution in [0.15, 0.2) is 49.8 Å². The molecule has 38 heavy (non-hydrogen) atoms. The van der Waals surface area contributed by atoms with Gasteiger partial charge in [-0.05, 0) is 108 Å². The molecule has 4 nitrogen and oxygen atoms in total. The number of benzene rings is 3. The third-order valence-electron chi connectivity index (χ3n) is 6.74. The fourth-order valence-electron chi connectivity index (χ4n) is 4.91. The maximum atomic E-state index is 14.7. The van der Waals surface area contributed by atoms with E-state index in [0.717, 1.165) is 85.3 Å². The SMILES string of the molecule is CCc1c(Br)ccc(OP(=O)(Oc2ccc(Br)c(CC)c2CC)Oc2ccc(Br)c(CC)c2CC)c1CC. The Labute approximate surface area is 252 Å². The van der Waals surface area contributed by atoms with E-state index in [4.69, 9.17) is 13.6 Å². The summed E-state index contributed by atoms with van der Waals surface area (Å²) >= 11 is 11.0. The van der Waals surface area contributed by atoms with Crippen LogP contribution < -0.4 is 13.6 Å². The van der Waals surface area contributed by atoms with Crippen molar-refractivity contribution in [2.45, 2.75) is 80.1 Å². The lowest BCUT2D eigenvalue weighted by molar-refractivity contribution is 0.295. The van der Waals surface area contributed by atoms with E-state index in [1.54, 1.807) is 0 Å². The maximum Gasteiger partial charge on any atom is 0.647 e. The zero-order valence-corrected chi connectivity index (χ0v) is 28.6. The average Bonchev–Trinajstić information content (AvgIpc) is 2.90. The van der Waals surface area contributed by atoms with Crippen molar-refractivity contribution < 1.29 is 18.1 Å². The molecule has 0 aliphatic rings. The smallest absolute Gasteiger partial charge is 0.386 e. The van der Waals surface area contributed by atoms with Crippen molar-refractivity contribution in [3.8, 4) is 17.2 Å². The molecule has 0 amide bonds. The normalized spacial score (nSPS) is 11.5. The van der Waals surface area contributed by atoms with Crippen LogP contribution in [-0.2, 0) is 43.1 Å². The number of halogens is 3. The Morgan fingerprint density at radius 2 is 0.711 bits per heavy atom. The van der Waals surface area contributed by atoms with E-state index in [1.165, 1.54) is 0 Å². The summed E-state index contributed by atoms with van der Waals surface area (Å²) in [7, 11) is -4.19. The van der Waals surface area contributed by atoms with Crippen molar-refractivity contribution in [3.05, 3.63) is 83.2 Å². The van der Waals surface area contributed by atoms with Crippen LogP contribution in [0, 0.1) is 0 Å². The molecule has 0 aliphatic heterocycles. The molecular weight excluding hydrogens is 695 g/mol. The standard InChI is InChI=1S/C30H36Br3O4P/c1-7-19-22(10-4)28(16-13-25(19)31)35-38(34,36-29-17-14-26(32)20(8-2)23(29)11-5)37-30-18-15-27(33)21(9-3)24(30)12-6/h13-18H,7-12H2,1-6H3. The van der Waals surface area contributed by atoms with E-state index in [1.807, 2.05) is 36.4 Å². The quantitative estimate of drug-likeness (QED) is 0.174. The zero-order valence-electron chi connectivity index (χ0n) is 22.9. The van der Waals surface area contributed by atoms with Gasteiger partial charge in [0.2, 0.25) is 0 Å². The summed E-state index contributed by atoms with van der Waals surface area (Å²) in [6.07, 6.45) is 4.59. The van der Waals surface area contributed by atoms with Crippen molar-refractivity contribution in [2.75, 3.05) is 0 Å². The summed E-state index contributed by atoms with van der Waals surface area (Å²) < 4.78 is 36.6. The Kier molecular flexibility index (Phi) is 11.4. The molecule has 0 saturated carbocycles. The highest BCUT2D eigenvalue weighted by Gasteiger charge is 2.36. The summed E-state index contributed by atoms with van der Waals surface area (Å²) in [5, 5.41) is 0. The van der Waals surface area contributed by atoms with Gasteiger partial charge in [-0.1, -0.05) is 89.3 Å². The number of phosphoric ester groups is 1. The van der Waals surface area contributed by atoms with Gasteiger partial charge in [0.15, 0.2) is 0 Å². The monoisotopic (exact) mass is 728 g/mol. The topological polar surface area (TPSA) is 44.8 Å². The maximum absolute atomic E-state index is 14.7. The van der Waals surface area contributed by atoms with Crippen LogP contribution in [0.2, 0.25) is 0 Å². The lowest BCUT2D eigenvalue weighted by Crippen LogP contribution is -2.12. The Hall–Kier alpha value is -1.27. The molecule has 0 aromatic heterocycles. The van der Waals surface area contributed by atoms with Crippen LogP contribution in [0.5, 0.6) is 17.2 Å². The minimum absolute atomic E-state index is 0.507. The van der Waals surface area contributed by atoms with E-state index < -0.39 is 7.82 Å². The third kappa shape index (κ3) is 6.71. The van der Waals surface area contributed by atoms with Gasteiger partial charge in [0.25, 0.3) is 0 Å². The zero-order chi connectivity index (χ0) is 28.0. The van der Waals surface area contributed by atoms with Crippen LogP contribution >= 0.6 is 55.6 Å². The molecule has 0 aliphatic carbocycles. The third-order valence-corrected chi connectivity index (χ3v) is 10.2.